The molecule has 0 fully saturated rings. The van der Waals surface area contributed by atoms with E-state index in [4.69, 9.17) is 4.84 Å². The molecule has 2 atom stereocenters. The van der Waals surface area contributed by atoms with E-state index in [-0.39, 0.29) is 17.9 Å². The van der Waals surface area contributed by atoms with Gasteiger partial charge in [0.25, 0.3) is 5.91 Å². The lowest BCUT2D eigenvalue weighted by atomic mass is 9.79. The van der Waals surface area contributed by atoms with E-state index in [1.165, 1.54) is 5.06 Å². The minimum absolute atomic E-state index is 0.0385. The molecular formula is C27H27NO4. The summed E-state index contributed by atoms with van der Waals surface area (Å²) in [6.45, 7) is 6.53. The molecule has 1 heterocycles. The second kappa shape index (κ2) is 8.60. The Labute approximate surface area is 188 Å². The van der Waals surface area contributed by atoms with Crippen LogP contribution in [0.1, 0.15) is 65.3 Å². The van der Waals surface area contributed by atoms with E-state index in [0.717, 1.165) is 16.7 Å². The number of aliphatic carboxylic acids is 1. The van der Waals surface area contributed by atoms with Crippen molar-refractivity contribution in [3.63, 3.8) is 0 Å². The van der Waals surface area contributed by atoms with E-state index >= 15 is 0 Å². The normalized spacial score (nSPS) is 18.3. The van der Waals surface area contributed by atoms with Crippen LogP contribution in [0.5, 0.6) is 0 Å². The van der Waals surface area contributed by atoms with Gasteiger partial charge in [-0.25, -0.2) is 5.06 Å². The van der Waals surface area contributed by atoms with E-state index in [1.54, 1.807) is 24.3 Å². The van der Waals surface area contributed by atoms with Crippen molar-refractivity contribution in [1.82, 2.24) is 5.06 Å². The smallest absolute Gasteiger partial charge is 0.313 e. The Bertz CT molecular complexity index is 1120. The second-order valence-corrected chi connectivity index (χ2v) is 9.11. The van der Waals surface area contributed by atoms with Crippen molar-refractivity contribution < 1.29 is 19.5 Å². The molecule has 5 heteroatoms. The van der Waals surface area contributed by atoms with Crippen LogP contribution in [0.3, 0.4) is 0 Å². The van der Waals surface area contributed by atoms with Gasteiger partial charge in [-0.2, -0.15) is 0 Å². The minimum atomic E-state index is -0.997. The van der Waals surface area contributed by atoms with Gasteiger partial charge in [-0.05, 0) is 33.7 Å². The first-order valence-corrected chi connectivity index (χ1v) is 10.7. The lowest BCUT2D eigenvalue weighted by molar-refractivity contribution is -0.176. The van der Waals surface area contributed by atoms with Gasteiger partial charge in [-0.1, -0.05) is 93.6 Å². The monoisotopic (exact) mass is 429 g/mol. The van der Waals surface area contributed by atoms with Crippen LogP contribution in [-0.2, 0) is 21.7 Å². The highest BCUT2D eigenvalue weighted by Crippen LogP contribution is 2.43. The molecule has 1 aliphatic rings. The zero-order valence-corrected chi connectivity index (χ0v) is 18.5. The molecule has 0 saturated carbocycles. The zero-order valence-electron chi connectivity index (χ0n) is 18.5. The molecular weight excluding hydrogens is 402 g/mol. The molecule has 32 heavy (non-hydrogen) atoms. The highest BCUT2D eigenvalue weighted by molar-refractivity contribution is 5.99. The van der Waals surface area contributed by atoms with Crippen molar-refractivity contribution in [1.29, 1.82) is 0 Å². The highest BCUT2D eigenvalue weighted by Gasteiger charge is 2.45. The summed E-state index contributed by atoms with van der Waals surface area (Å²) in [5.41, 5.74) is 3.58. The Balaban J connectivity index is 1.79. The van der Waals surface area contributed by atoms with E-state index in [9.17, 15) is 14.7 Å². The number of carbonyl (C=O) groups is 2. The van der Waals surface area contributed by atoms with E-state index < -0.39 is 17.9 Å². The quantitative estimate of drug-likeness (QED) is 0.583. The summed E-state index contributed by atoms with van der Waals surface area (Å²) in [4.78, 5) is 31.9. The lowest BCUT2D eigenvalue weighted by Crippen LogP contribution is -2.44. The van der Waals surface area contributed by atoms with Gasteiger partial charge < -0.3 is 5.11 Å². The fourth-order valence-electron chi connectivity index (χ4n) is 4.15. The zero-order chi connectivity index (χ0) is 22.9. The lowest BCUT2D eigenvalue weighted by Gasteiger charge is -2.39. The Kier molecular flexibility index (Phi) is 5.85. The molecule has 0 saturated heterocycles. The second-order valence-electron chi connectivity index (χ2n) is 9.11. The number of benzene rings is 3. The van der Waals surface area contributed by atoms with Crippen LogP contribution in [0.25, 0.3) is 0 Å². The van der Waals surface area contributed by atoms with Gasteiger partial charge in [0.15, 0.2) is 0 Å². The van der Waals surface area contributed by atoms with Crippen molar-refractivity contribution in [2.75, 3.05) is 0 Å². The maximum Gasteiger partial charge on any atom is 0.313 e. The van der Waals surface area contributed by atoms with Crippen molar-refractivity contribution >= 4 is 11.9 Å². The third kappa shape index (κ3) is 4.16. The van der Waals surface area contributed by atoms with Crippen LogP contribution < -0.4 is 0 Å². The van der Waals surface area contributed by atoms with Gasteiger partial charge in [0, 0.05) is 5.56 Å². The number of carboxylic acid groups (broad SMARTS) is 1. The summed E-state index contributed by atoms with van der Waals surface area (Å²) in [6, 6.07) is 23.4. The average Bonchev–Trinajstić information content (AvgIpc) is 2.78. The third-order valence-corrected chi connectivity index (χ3v) is 5.89. The first kappa shape index (κ1) is 21.8. The number of amides is 1. The van der Waals surface area contributed by atoms with Crippen molar-refractivity contribution in [2.45, 2.75) is 44.8 Å². The van der Waals surface area contributed by atoms with E-state index in [2.05, 4.69) is 20.8 Å². The summed E-state index contributed by atoms with van der Waals surface area (Å²) < 4.78 is 0. The number of hydroxylamine groups is 2. The van der Waals surface area contributed by atoms with Crippen LogP contribution in [0, 0.1) is 0 Å². The minimum Gasteiger partial charge on any atom is -0.481 e. The van der Waals surface area contributed by atoms with E-state index in [0.29, 0.717) is 11.1 Å². The molecule has 1 aliphatic heterocycles. The third-order valence-electron chi connectivity index (χ3n) is 5.89. The molecule has 0 radical (unpaired) electrons. The SMILES string of the molecule is CC(C)(C)c1ccc(C2C(C(=O)O)c3ccccc3C(=O)N2OCc2ccccc2)cc1. The number of hydrogen-bond acceptors (Lipinski definition) is 3. The fraction of sp³-hybridized carbons (Fsp3) is 0.259. The number of rotatable bonds is 5. The maximum absolute atomic E-state index is 13.4. The molecule has 3 aromatic rings. The molecule has 5 nitrogen and oxygen atoms in total. The van der Waals surface area contributed by atoms with Gasteiger partial charge in [-0.3, -0.25) is 14.4 Å². The fourth-order valence-corrected chi connectivity index (χ4v) is 4.15. The number of carbonyl (C=O) groups excluding carboxylic acids is 1. The summed E-state index contributed by atoms with van der Waals surface area (Å²) in [7, 11) is 0. The Hall–Kier alpha value is -3.44. The molecule has 1 amide bonds. The van der Waals surface area contributed by atoms with Crippen LogP contribution in [0.15, 0.2) is 78.9 Å². The van der Waals surface area contributed by atoms with Gasteiger partial charge in [0.2, 0.25) is 0 Å². The number of nitrogens with zero attached hydrogens (tertiary/aromatic N) is 1. The Morgan fingerprint density at radius 3 is 2.19 bits per heavy atom. The van der Waals surface area contributed by atoms with E-state index in [1.807, 2.05) is 54.6 Å². The average molecular weight is 430 g/mol. The standard InChI is InChI=1S/C27H27NO4/c1-27(2,3)20-15-13-19(14-16-20)24-23(26(30)31)21-11-7-8-12-22(21)25(29)28(24)32-17-18-9-5-4-6-10-18/h4-16,23-24H,17H2,1-3H3,(H,30,31). The molecule has 0 aliphatic carbocycles. The molecule has 0 spiro atoms. The van der Waals surface area contributed by atoms with Gasteiger partial charge in [0.1, 0.15) is 18.6 Å². The molecule has 0 bridgehead atoms. The Morgan fingerprint density at radius 2 is 1.56 bits per heavy atom. The Morgan fingerprint density at radius 1 is 0.938 bits per heavy atom. The first-order valence-electron chi connectivity index (χ1n) is 10.7. The number of hydrogen-bond donors (Lipinski definition) is 1. The van der Waals surface area contributed by atoms with Gasteiger partial charge >= 0.3 is 5.97 Å². The van der Waals surface area contributed by atoms with Crippen molar-refractivity contribution in [2.24, 2.45) is 0 Å². The van der Waals surface area contributed by atoms with Crippen LogP contribution >= 0.6 is 0 Å². The van der Waals surface area contributed by atoms with Crippen LogP contribution in [-0.4, -0.2) is 22.0 Å². The molecule has 4 rings (SSSR count). The topological polar surface area (TPSA) is 66.8 Å². The highest BCUT2D eigenvalue weighted by atomic mass is 16.7. The molecule has 164 valence electrons. The van der Waals surface area contributed by atoms with Crippen molar-refractivity contribution in [3.8, 4) is 0 Å². The van der Waals surface area contributed by atoms with Gasteiger partial charge in [-0.15, -0.1) is 0 Å². The molecule has 1 N–H and O–H groups in total. The largest absolute Gasteiger partial charge is 0.481 e. The predicted octanol–water partition coefficient (Wildman–Crippen LogP) is 5.48. The number of fused-ring (bicyclic) bond motifs is 1. The first-order chi connectivity index (χ1) is 15.3. The number of carboxylic acids is 1. The summed E-state index contributed by atoms with van der Waals surface area (Å²) in [5.74, 6) is -2.28. The summed E-state index contributed by atoms with van der Waals surface area (Å²) >= 11 is 0. The summed E-state index contributed by atoms with van der Waals surface area (Å²) in [5, 5.41) is 11.4. The maximum atomic E-state index is 13.4. The molecule has 0 aromatic heterocycles. The predicted molar refractivity (Wildman–Crippen MR) is 122 cm³/mol. The van der Waals surface area contributed by atoms with Crippen LogP contribution in [0.2, 0.25) is 0 Å². The molecule has 2 unspecified atom stereocenters. The molecule has 3 aromatic carbocycles. The van der Waals surface area contributed by atoms with Gasteiger partial charge in [0.05, 0.1) is 0 Å². The van der Waals surface area contributed by atoms with Crippen molar-refractivity contribution in [3.05, 3.63) is 107 Å². The summed E-state index contributed by atoms with van der Waals surface area (Å²) in [6.07, 6.45) is 0. The van der Waals surface area contributed by atoms with Crippen LogP contribution in [0.4, 0.5) is 0 Å².